The van der Waals surface area contributed by atoms with Crippen molar-refractivity contribution in [3.05, 3.63) is 0 Å². The first-order valence-corrected chi connectivity index (χ1v) is 10.2. The second-order valence-electron chi connectivity index (χ2n) is 1.87. The van der Waals surface area contributed by atoms with Gasteiger partial charge >= 0.3 is 106 Å². The number of hydrogen-bond acceptors (Lipinski definition) is 12. The zero-order chi connectivity index (χ0) is 12.0. The summed E-state index contributed by atoms with van der Waals surface area (Å²) in [6.07, 6.45) is 0. The summed E-state index contributed by atoms with van der Waals surface area (Å²) in [5.41, 5.74) is 0. The maximum atomic E-state index is 10.9. The van der Waals surface area contributed by atoms with Gasteiger partial charge in [-0.3, -0.25) is 17.8 Å². The molecule has 1 saturated heterocycles. The van der Waals surface area contributed by atoms with E-state index in [1.165, 1.54) is 0 Å². The van der Waals surface area contributed by atoms with Crippen LogP contribution in [-0.4, -0.2) is 117 Å². The molecule has 0 unspecified atom stereocenters. The van der Waals surface area contributed by atoms with Gasteiger partial charge in [0, 0.05) is 0 Å². The van der Waals surface area contributed by atoms with Crippen LogP contribution >= 0.6 is 0 Å². The van der Waals surface area contributed by atoms with E-state index in [4.69, 9.17) is 0 Å². The minimum Gasteiger partial charge on any atom is -0.870 e. The molecule has 0 aliphatic carbocycles. The molecule has 98 valence electrons. The van der Waals surface area contributed by atoms with Crippen molar-refractivity contribution in [2.75, 3.05) is 0 Å². The van der Waals surface area contributed by atoms with Gasteiger partial charge in [-0.15, -0.1) is 0 Å². The largest absolute Gasteiger partial charge is 2.00 e. The molecule has 0 aromatic rings. The Balaban J connectivity index is -0.000000853. The quantitative estimate of drug-likeness (QED) is 0.360. The molecule has 0 bridgehead atoms. The SMILES string of the molecule is O=[Si]1[O][Al][O][Si](=O)O[Si](=O)[O][Al][O][Si](=O)O1.[Ca+2].[OH-].[OH-]. The fraction of sp³-hybridized carbons (Fsp3) is 0. The van der Waals surface area contributed by atoms with Gasteiger partial charge in [-0.25, -0.2) is 0 Å². The Kier molecular flexibility index (Phi) is 18.6. The summed E-state index contributed by atoms with van der Waals surface area (Å²) in [5.74, 6) is 0. The van der Waals surface area contributed by atoms with E-state index in [1.54, 1.807) is 0 Å². The van der Waals surface area contributed by atoms with Crippen molar-refractivity contribution in [2.45, 2.75) is 0 Å². The molecule has 1 aliphatic rings. The first-order chi connectivity index (χ1) is 7.58. The van der Waals surface area contributed by atoms with E-state index in [2.05, 4.69) is 22.1 Å². The molecule has 19 heteroatoms. The van der Waals surface area contributed by atoms with Gasteiger partial charge in [0.15, 0.2) is 0 Å². The topological polar surface area (TPSA) is 184 Å². The van der Waals surface area contributed by atoms with Gasteiger partial charge in [0.2, 0.25) is 0 Å². The fourth-order valence-electron chi connectivity index (χ4n) is 0.438. The van der Waals surface area contributed by atoms with Gasteiger partial charge in [-0.2, -0.15) is 0 Å². The summed E-state index contributed by atoms with van der Waals surface area (Å²) in [7, 11) is -12.1. The third-order valence-corrected chi connectivity index (χ3v) is 8.20. The van der Waals surface area contributed by atoms with Gasteiger partial charge in [-0.05, 0) is 0 Å². The first kappa shape index (κ1) is 25.1. The van der Waals surface area contributed by atoms with Crippen LogP contribution in [0, 0.1) is 0 Å². The van der Waals surface area contributed by atoms with Crippen LogP contribution in [-0.2, 0) is 40.0 Å². The second-order valence-corrected chi connectivity index (χ2v) is 9.66. The average molecular weight is 400 g/mol. The predicted octanol–water partition coefficient (Wildman–Crippen LogP) is -3.90. The van der Waals surface area contributed by atoms with Crippen LogP contribution < -0.4 is 0 Å². The van der Waals surface area contributed by atoms with Gasteiger partial charge < -0.3 is 33.1 Å². The zero-order valence-electron chi connectivity index (χ0n) is 8.84. The Hall–Kier alpha value is 1.11. The van der Waals surface area contributed by atoms with Crippen molar-refractivity contribution >= 4 is 106 Å². The van der Waals surface area contributed by atoms with Gasteiger partial charge in [-0.1, -0.05) is 0 Å². The maximum absolute atomic E-state index is 10.9. The van der Waals surface area contributed by atoms with E-state index in [0.717, 1.165) is 0 Å². The van der Waals surface area contributed by atoms with Crippen LogP contribution in [0.2, 0.25) is 0 Å². The van der Waals surface area contributed by atoms with Crippen molar-refractivity contribution in [3.8, 4) is 0 Å². The van der Waals surface area contributed by atoms with Crippen LogP contribution in [0.25, 0.3) is 0 Å². The monoisotopic (exact) mass is 400 g/mol. The minimum atomic E-state index is -3.02. The van der Waals surface area contributed by atoms with Crippen molar-refractivity contribution in [3.63, 3.8) is 0 Å². The van der Waals surface area contributed by atoms with Gasteiger partial charge in [0.05, 0.1) is 0 Å². The smallest absolute Gasteiger partial charge is 0.870 e. The van der Waals surface area contributed by atoms with Crippen molar-refractivity contribution in [2.24, 2.45) is 0 Å². The van der Waals surface area contributed by atoms with Gasteiger partial charge in [0.1, 0.15) is 0 Å². The molecule has 0 aromatic carbocycles. The van der Waals surface area contributed by atoms with Gasteiger partial charge in [0.25, 0.3) is 0 Å². The van der Waals surface area contributed by atoms with E-state index >= 15 is 0 Å². The van der Waals surface area contributed by atoms with E-state index in [1.807, 2.05) is 0 Å². The van der Waals surface area contributed by atoms with E-state index < -0.39 is 68.5 Å². The summed E-state index contributed by atoms with van der Waals surface area (Å²) in [4.78, 5) is 0. The molecule has 0 amide bonds. The molecule has 0 saturated carbocycles. The molecular weight excluding hydrogens is 398 g/mol. The van der Waals surface area contributed by atoms with Crippen molar-refractivity contribution < 1.29 is 50.9 Å². The average Bonchev–Trinajstić information content (AvgIpc) is 2.15. The van der Waals surface area contributed by atoms with E-state index in [-0.39, 0.29) is 48.7 Å². The van der Waals surface area contributed by atoms with E-state index in [0.29, 0.717) is 0 Å². The van der Waals surface area contributed by atoms with Crippen LogP contribution in [0.3, 0.4) is 0 Å². The molecular formula is H2Al2CaO12Si4. The molecule has 0 atom stereocenters. The summed E-state index contributed by atoms with van der Waals surface area (Å²) in [5, 5.41) is 0. The predicted molar refractivity (Wildman–Crippen MR) is 53.4 cm³/mol. The fourth-order valence-corrected chi connectivity index (χ4v) is 6.54. The molecule has 1 aliphatic heterocycles. The molecule has 19 heavy (non-hydrogen) atoms. The number of hydrogen-bond donors (Lipinski definition) is 0. The minimum absolute atomic E-state index is 0. The molecule has 12 nitrogen and oxygen atoms in total. The molecule has 1 rings (SSSR count). The standard InChI is InChI=1S/2Al.Ca.2O5Si2.2H2O/c;;;2*1-6(2)5-7(3)4;;/h;;;;;2*1H2/q3*+2;2*-2;;/p-2. The van der Waals surface area contributed by atoms with Crippen molar-refractivity contribution in [1.29, 1.82) is 0 Å². The zero-order valence-corrected chi connectivity index (χ0v) is 17.4. The summed E-state index contributed by atoms with van der Waals surface area (Å²) < 4.78 is 69.9. The van der Waals surface area contributed by atoms with E-state index in [9.17, 15) is 17.8 Å². The summed E-state index contributed by atoms with van der Waals surface area (Å²) >= 11 is -2.80. The van der Waals surface area contributed by atoms with Crippen LogP contribution in [0.4, 0.5) is 0 Å². The Morgan fingerprint density at radius 2 is 0.789 bits per heavy atom. The first-order valence-electron chi connectivity index (χ1n) is 3.39. The Labute approximate surface area is 155 Å². The third-order valence-electron chi connectivity index (χ3n) is 0.911. The molecule has 0 aromatic heterocycles. The molecule has 1 fully saturated rings. The van der Waals surface area contributed by atoms with Crippen LogP contribution in [0.15, 0.2) is 0 Å². The van der Waals surface area contributed by atoms with Crippen molar-refractivity contribution in [1.82, 2.24) is 0 Å². The summed E-state index contributed by atoms with van der Waals surface area (Å²) in [6, 6.07) is 0. The van der Waals surface area contributed by atoms with Crippen LogP contribution in [0.1, 0.15) is 0 Å². The Bertz CT molecular complexity index is 272. The molecule has 0 spiro atoms. The molecule has 1 heterocycles. The maximum Gasteiger partial charge on any atom is 2.00 e. The Morgan fingerprint density at radius 3 is 1.00 bits per heavy atom. The van der Waals surface area contributed by atoms with Crippen LogP contribution in [0.5, 0.6) is 0 Å². The number of rotatable bonds is 0. The summed E-state index contributed by atoms with van der Waals surface area (Å²) in [6.45, 7) is 0. The Morgan fingerprint density at radius 1 is 0.579 bits per heavy atom. The second kappa shape index (κ2) is 14.1. The third kappa shape index (κ3) is 12.6. The normalized spacial score (nSPS) is 14.7. The molecule has 2 N–H and O–H groups in total. The molecule has 2 radical (unpaired) electrons.